The molecule has 0 aliphatic rings. The molecule has 0 aromatic heterocycles. The Balaban J connectivity index is 2.80. The number of aliphatic carboxylic acids is 2. The molecule has 20 heavy (non-hydrogen) atoms. The van der Waals surface area contributed by atoms with Crippen molar-refractivity contribution in [2.75, 3.05) is 0 Å². The zero-order valence-corrected chi connectivity index (χ0v) is 9.98. The fraction of sp³-hybridized carbons (Fsp3) is 0.182. The number of benzene rings is 1. The number of nitro benzene ring substituents is 1. The summed E-state index contributed by atoms with van der Waals surface area (Å²) in [5.74, 6) is -3.68. The van der Waals surface area contributed by atoms with Crippen molar-refractivity contribution in [2.24, 2.45) is 0 Å². The van der Waals surface area contributed by atoms with Crippen LogP contribution in [0.3, 0.4) is 0 Å². The van der Waals surface area contributed by atoms with Gasteiger partial charge in [-0.2, -0.15) is 0 Å². The molecule has 0 heterocycles. The summed E-state index contributed by atoms with van der Waals surface area (Å²) in [5.41, 5.74) is -0.228. The monoisotopic (exact) mass is 282 g/mol. The lowest BCUT2D eigenvalue weighted by molar-refractivity contribution is -0.384. The van der Waals surface area contributed by atoms with Crippen LogP contribution in [0, 0.1) is 10.1 Å². The van der Waals surface area contributed by atoms with Gasteiger partial charge >= 0.3 is 11.9 Å². The van der Waals surface area contributed by atoms with Gasteiger partial charge in [-0.05, 0) is 12.1 Å². The van der Waals surface area contributed by atoms with Crippen molar-refractivity contribution in [2.45, 2.75) is 12.5 Å². The predicted molar refractivity (Wildman–Crippen MR) is 64.2 cm³/mol. The first-order valence-electron chi connectivity index (χ1n) is 5.31. The highest BCUT2D eigenvalue weighted by Crippen LogP contribution is 2.12. The van der Waals surface area contributed by atoms with E-state index in [1.54, 1.807) is 0 Å². The van der Waals surface area contributed by atoms with Crippen molar-refractivity contribution in [3.05, 3.63) is 39.9 Å². The molecule has 0 unspecified atom stereocenters. The fourth-order valence-corrected chi connectivity index (χ4v) is 1.35. The van der Waals surface area contributed by atoms with Gasteiger partial charge in [0.2, 0.25) is 0 Å². The van der Waals surface area contributed by atoms with Gasteiger partial charge in [0, 0.05) is 17.7 Å². The van der Waals surface area contributed by atoms with Crippen LogP contribution in [0.2, 0.25) is 0 Å². The summed E-state index contributed by atoms with van der Waals surface area (Å²) in [6.45, 7) is 0. The lowest BCUT2D eigenvalue weighted by Gasteiger charge is -2.12. The van der Waals surface area contributed by atoms with Crippen LogP contribution in [0.25, 0.3) is 0 Å². The van der Waals surface area contributed by atoms with E-state index in [0.717, 1.165) is 24.3 Å². The minimum atomic E-state index is -1.57. The highest BCUT2D eigenvalue weighted by Gasteiger charge is 2.23. The van der Waals surface area contributed by atoms with Gasteiger partial charge in [0.25, 0.3) is 11.6 Å². The zero-order valence-electron chi connectivity index (χ0n) is 9.98. The van der Waals surface area contributed by atoms with E-state index in [1.807, 2.05) is 5.32 Å². The molecule has 3 N–H and O–H groups in total. The third-order valence-electron chi connectivity index (χ3n) is 2.32. The molecule has 1 amide bonds. The number of hydrogen-bond acceptors (Lipinski definition) is 5. The van der Waals surface area contributed by atoms with Crippen molar-refractivity contribution in [1.29, 1.82) is 0 Å². The summed E-state index contributed by atoms with van der Waals surface area (Å²) in [5, 5.41) is 29.7. The van der Waals surface area contributed by atoms with E-state index in [0.29, 0.717) is 0 Å². The number of amides is 1. The molecular formula is C11H10N2O7. The Morgan fingerprint density at radius 3 is 2.15 bits per heavy atom. The lowest BCUT2D eigenvalue weighted by Crippen LogP contribution is -2.42. The Kier molecular flexibility index (Phi) is 4.73. The van der Waals surface area contributed by atoms with Crippen LogP contribution in [-0.4, -0.2) is 39.0 Å². The maximum Gasteiger partial charge on any atom is 0.326 e. The number of nitro groups is 1. The molecule has 9 nitrogen and oxygen atoms in total. The maximum atomic E-state index is 11.7. The smallest absolute Gasteiger partial charge is 0.326 e. The minimum absolute atomic E-state index is 0.00719. The molecule has 9 heteroatoms. The second-order valence-corrected chi connectivity index (χ2v) is 3.77. The molecule has 0 bridgehead atoms. The maximum absolute atomic E-state index is 11.7. The predicted octanol–water partition coefficient (Wildman–Crippen LogP) is 0.253. The van der Waals surface area contributed by atoms with E-state index < -0.39 is 35.2 Å². The Labute approximate surface area is 112 Å². The molecule has 0 aliphatic carbocycles. The number of nitrogens with zero attached hydrogens (tertiary/aromatic N) is 1. The first kappa shape index (κ1) is 15.1. The quantitative estimate of drug-likeness (QED) is 0.500. The first-order valence-corrected chi connectivity index (χ1v) is 5.31. The third-order valence-corrected chi connectivity index (χ3v) is 2.32. The summed E-state index contributed by atoms with van der Waals surface area (Å²) in [6.07, 6.45) is -0.770. The first-order chi connectivity index (χ1) is 9.31. The molecule has 1 aromatic rings. The molecule has 0 radical (unpaired) electrons. The van der Waals surface area contributed by atoms with Gasteiger partial charge < -0.3 is 15.5 Å². The van der Waals surface area contributed by atoms with Crippen molar-refractivity contribution in [3.8, 4) is 0 Å². The molecule has 1 aromatic carbocycles. The van der Waals surface area contributed by atoms with Crippen molar-refractivity contribution < 1.29 is 29.5 Å². The van der Waals surface area contributed by atoms with E-state index >= 15 is 0 Å². The number of carbonyl (C=O) groups is 3. The molecule has 0 saturated heterocycles. The average Bonchev–Trinajstić information content (AvgIpc) is 2.37. The summed E-state index contributed by atoms with van der Waals surface area (Å²) in [4.78, 5) is 42.7. The number of non-ortho nitro benzene ring substituents is 1. The Hall–Kier alpha value is -2.97. The number of hydrogen-bond donors (Lipinski definition) is 3. The van der Waals surface area contributed by atoms with E-state index in [4.69, 9.17) is 10.2 Å². The van der Waals surface area contributed by atoms with Gasteiger partial charge in [-0.15, -0.1) is 0 Å². The summed E-state index contributed by atoms with van der Waals surface area (Å²) in [7, 11) is 0. The summed E-state index contributed by atoms with van der Waals surface area (Å²) >= 11 is 0. The topological polar surface area (TPSA) is 147 Å². The van der Waals surface area contributed by atoms with Crippen LogP contribution in [0.15, 0.2) is 24.3 Å². The van der Waals surface area contributed by atoms with Crippen molar-refractivity contribution >= 4 is 23.5 Å². The standard InChI is InChI=1S/C11H10N2O7/c14-9(15)5-8(11(17)18)12-10(16)6-1-3-7(4-2-6)13(19)20/h1-4,8H,5H2,(H,12,16)(H,14,15)(H,17,18)/t8-/m1/s1. The van der Waals surface area contributed by atoms with E-state index in [2.05, 4.69) is 0 Å². The minimum Gasteiger partial charge on any atom is -0.481 e. The van der Waals surface area contributed by atoms with Gasteiger partial charge in [0.1, 0.15) is 6.04 Å². The lowest BCUT2D eigenvalue weighted by atomic mass is 10.1. The molecule has 0 aliphatic heterocycles. The SMILES string of the molecule is O=C(O)C[C@@H](NC(=O)c1ccc([N+](=O)[O-])cc1)C(=O)O. The largest absolute Gasteiger partial charge is 0.481 e. The second kappa shape index (κ2) is 6.27. The molecule has 106 valence electrons. The number of nitrogens with one attached hydrogen (secondary N) is 1. The number of carboxylic acids is 2. The fourth-order valence-electron chi connectivity index (χ4n) is 1.35. The van der Waals surface area contributed by atoms with Crippen LogP contribution < -0.4 is 5.32 Å². The van der Waals surface area contributed by atoms with Crippen LogP contribution in [0.1, 0.15) is 16.8 Å². The van der Waals surface area contributed by atoms with E-state index in [-0.39, 0.29) is 11.3 Å². The second-order valence-electron chi connectivity index (χ2n) is 3.77. The molecule has 0 fully saturated rings. The van der Waals surface area contributed by atoms with Crippen LogP contribution in [0.4, 0.5) is 5.69 Å². The molecule has 0 saturated carbocycles. The highest BCUT2D eigenvalue weighted by molar-refractivity contribution is 5.97. The average molecular weight is 282 g/mol. The summed E-state index contributed by atoms with van der Waals surface area (Å²) in [6, 6.07) is 2.89. The number of carboxylic acid groups (broad SMARTS) is 2. The van der Waals surface area contributed by atoms with Gasteiger partial charge in [0.05, 0.1) is 11.3 Å². The van der Waals surface area contributed by atoms with E-state index in [9.17, 15) is 24.5 Å². The van der Waals surface area contributed by atoms with Gasteiger partial charge in [0.15, 0.2) is 0 Å². The highest BCUT2D eigenvalue weighted by atomic mass is 16.6. The van der Waals surface area contributed by atoms with Crippen LogP contribution >= 0.6 is 0 Å². The normalized spacial score (nSPS) is 11.4. The Morgan fingerprint density at radius 2 is 1.75 bits per heavy atom. The van der Waals surface area contributed by atoms with Crippen molar-refractivity contribution in [1.82, 2.24) is 5.32 Å². The third kappa shape index (κ3) is 4.05. The molecular weight excluding hydrogens is 272 g/mol. The molecule has 1 atom stereocenters. The zero-order chi connectivity index (χ0) is 15.3. The van der Waals surface area contributed by atoms with Crippen LogP contribution in [0.5, 0.6) is 0 Å². The van der Waals surface area contributed by atoms with Gasteiger partial charge in [-0.25, -0.2) is 4.79 Å². The Bertz CT molecular complexity index is 552. The summed E-state index contributed by atoms with van der Waals surface area (Å²) < 4.78 is 0. The van der Waals surface area contributed by atoms with E-state index in [1.165, 1.54) is 0 Å². The number of rotatable bonds is 6. The van der Waals surface area contributed by atoms with Crippen LogP contribution in [-0.2, 0) is 9.59 Å². The Morgan fingerprint density at radius 1 is 1.20 bits per heavy atom. The van der Waals surface area contributed by atoms with Gasteiger partial charge in [-0.1, -0.05) is 0 Å². The molecule has 0 spiro atoms. The van der Waals surface area contributed by atoms with Crippen molar-refractivity contribution in [3.63, 3.8) is 0 Å². The number of carbonyl (C=O) groups excluding carboxylic acids is 1. The van der Waals surface area contributed by atoms with Gasteiger partial charge in [-0.3, -0.25) is 19.7 Å². The molecule has 1 rings (SSSR count).